The number of nitrogens with zero attached hydrogens (tertiary/aromatic N) is 3. The number of fused-ring (bicyclic) bond motifs is 1. The minimum Gasteiger partial charge on any atom is -0.462 e. The third-order valence-corrected chi connectivity index (χ3v) is 5.41. The summed E-state index contributed by atoms with van der Waals surface area (Å²) in [6.07, 6.45) is 4.75. The van der Waals surface area contributed by atoms with Crippen LogP contribution in [0.2, 0.25) is 0 Å². The van der Waals surface area contributed by atoms with Crippen molar-refractivity contribution in [2.75, 3.05) is 6.61 Å². The van der Waals surface area contributed by atoms with Gasteiger partial charge in [0.1, 0.15) is 11.2 Å². The van der Waals surface area contributed by atoms with Crippen molar-refractivity contribution in [1.29, 1.82) is 0 Å². The molecule has 0 spiro atoms. The smallest absolute Gasteiger partial charge is 0.343 e. The van der Waals surface area contributed by atoms with Gasteiger partial charge in [-0.2, -0.15) is 0 Å². The molecule has 3 heterocycles. The van der Waals surface area contributed by atoms with E-state index in [-0.39, 0.29) is 17.6 Å². The van der Waals surface area contributed by atoms with Gasteiger partial charge in [0.15, 0.2) is 0 Å². The number of hydrogen-bond donors (Lipinski definition) is 1. The van der Waals surface area contributed by atoms with E-state index in [0.717, 1.165) is 21.6 Å². The van der Waals surface area contributed by atoms with Gasteiger partial charge in [-0.3, -0.25) is 10.0 Å². The molecule has 0 amide bonds. The Morgan fingerprint density at radius 2 is 1.91 bits per heavy atom. The van der Waals surface area contributed by atoms with Gasteiger partial charge in [0.25, 0.3) is 0 Å². The number of aromatic nitrogens is 3. The van der Waals surface area contributed by atoms with Crippen LogP contribution in [0.5, 0.6) is 0 Å². The van der Waals surface area contributed by atoms with Crippen molar-refractivity contribution in [3.63, 3.8) is 0 Å². The first kappa shape index (κ1) is 22.2. The normalized spacial score (nSPS) is 11.5. The highest BCUT2D eigenvalue weighted by Gasteiger charge is 2.26. The third kappa shape index (κ3) is 4.22. The summed E-state index contributed by atoms with van der Waals surface area (Å²) in [4.78, 5) is 29.7. The summed E-state index contributed by atoms with van der Waals surface area (Å²) in [7, 11) is 0. The molecule has 168 valence electrons. The van der Waals surface area contributed by atoms with E-state index in [1.165, 1.54) is 6.20 Å². The van der Waals surface area contributed by atoms with Crippen molar-refractivity contribution >= 4 is 17.0 Å². The van der Waals surface area contributed by atoms with Crippen LogP contribution in [0.15, 0.2) is 71.9 Å². The molecule has 0 radical (unpaired) electrons. The van der Waals surface area contributed by atoms with Gasteiger partial charge in [-0.05, 0) is 42.8 Å². The minimum atomic E-state index is -0.669. The van der Waals surface area contributed by atoms with Crippen LogP contribution in [-0.2, 0) is 10.2 Å². The van der Waals surface area contributed by atoms with E-state index in [1.807, 2.05) is 57.2 Å². The molecule has 7 nitrogen and oxygen atoms in total. The lowest BCUT2D eigenvalue weighted by molar-refractivity contribution is -0.911. The average molecular weight is 445 g/mol. The van der Waals surface area contributed by atoms with Crippen molar-refractivity contribution < 1.29 is 19.5 Å². The van der Waals surface area contributed by atoms with Crippen molar-refractivity contribution in [2.24, 2.45) is 0 Å². The fraction of sp³-hybridized carbons (Fsp3) is 0.231. The summed E-state index contributed by atoms with van der Waals surface area (Å²) in [6, 6.07) is 14.8. The molecule has 3 aromatic heterocycles. The standard InChI is InChI=1S/C26H26N3O4/c1-5-33-25(31)21-16-28(24-20(23(21)30)10-7-13-27-24)19-9-6-8-17(14-19)18-11-12-22(26(2,3)4)29(32)15-18/h6-16,32H,5H2,1-4H3/q+1. The Labute approximate surface area is 191 Å². The monoisotopic (exact) mass is 444 g/mol. The maximum absolute atomic E-state index is 12.9. The van der Waals surface area contributed by atoms with E-state index in [0.29, 0.717) is 16.7 Å². The number of pyridine rings is 3. The van der Waals surface area contributed by atoms with Crippen molar-refractivity contribution in [1.82, 2.24) is 9.55 Å². The van der Waals surface area contributed by atoms with Gasteiger partial charge in [0, 0.05) is 28.9 Å². The molecule has 0 fully saturated rings. The minimum absolute atomic E-state index is 0.0505. The molecule has 0 aliphatic heterocycles. The highest BCUT2D eigenvalue weighted by molar-refractivity contribution is 5.93. The van der Waals surface area contributed by atoms with E-state index in [2.05, 4.69) is 4.98 Å². The van der Waals surface area contributed by atoms with Gasteiger partial charge in [0.2, 0.25) is 17.3 Å². The Morgan fingerprint density at radius 1 is 1.12 bits per heavy atom. The van der Waals surface area contributed by atoms with Crippen LogP contribution in [-0.4, -0.2) is 27.3 Å². The quantitative estimate of drug-likeness (QED) is 0.292. The molecular formula is C26H26N3O4+. The molecule has 7 heteroatoms. The predicted octanol–water partition coefficient (Wildman–Crippen LogP) is 4.05. The Morgan fingerprint density at radius 3 is 2.61 bits per heavy atom. The second-order valence-electron chi connectivity index (χ2n) is 8.78. The first-order chi connectivity index (χ1) is 15.7. The maximum atomic E-state index is 12.9. The van der Waals surface area contributed by atoms with Gasteiger partial charge < -0.3 is 9.30 Å². The van der Waals surface area contributed by atoms with Gasteiger partial charge >= 0.3 is 5.97 Å². The molecule has 0 saturated carbocycles. The number of hydrogen-bond acceptors (Lipinski definition) is 5. The zero-order valence-corrected chi connectivity index (χ0v) is 19.1. The molecular weight excluding hydrogens is 418 g/mol. The fourth-order valence-electron chi connectivity index (χ4n) is 3.80. The number of carbonyl (C=O) groups is 1. The summed E-state index contributed by atoms with van der Waals surface area (Å²) in [6.45, 7) is 7.96. The summed E-state index contributed by atoms with van der Waals surface area (Å²) in [5.74, 6) is -0.669. The lowest BCUT2D eigenvalue weighted by Crippen LogP contribution is -2.40. The van der Waals surface area contributed by atoms with E-state index in [4.69, 9.17) is 4.74 Å². The van der Waals surface area contributed by atoms with Gasteiger partial charge in [-0.1, -0.05) is 32.9 Å². The highest BCUT2D eigenvalue weighted by atomic mass is 16.5. The maximum Gasteiger partial charge on any atom is 0.343 e. The highest BCUT2D eigenvalue weighted by Crippen LogP contribution is 2.25. The first-order valence-electron chi connectivity index (χ1n) is 10.7. The van der Waals surface area contributed by atoms with E-state index in [9.17, 15) is 14.8 Å². The van der Waals surface area contributed by atoms with E-state index < -0.39 is 11.4 Å². The summed E-state index contributed by atoms with van der Waals surface area (Å²) in [5, 5.41) is 10.8. The Bertz CT molecular complexity index is 1420. The number of rotatable bonds is 4. The van der Waals surface area contributed by atoms with Gasteiger partial charge in [0.05, 0.1) is 23.0 Å². The second kappa shape index (κ2) is 8.50. The Hall–Kier alpha value is -4.00. The van der Waals surface area contributed by atoms with Crippen molar-refractivity contribution in [2.45, 2.75) is 33.1 Å². The SMILES string of the molecule is CCOC(=O)c1cn(-c2cccc(-c3ccc(C(C)(C)C)[n+](O)c3)c2)c2ncccc2c1=O. The molecule has 0 atom stereocenters. The molecule has 0 bridgehead atoms. The molecule has 0 aliphatic rings. The zero-order valence-electron chi connectivity index (χ0n) is 19.1. The van der Waals surface area contributed by atoms with Crippen LogP contribution >= 0.6 is 0 Å². The van der Waals surface area contributed by atoms with Crippen LogP contribution in [0.1, 0.15) is 43.7 Å². The number of esters is 1. The van der Waals surface area contributed by atoms with Gasteiger partial charge in [-0.25, -0.2) is 9.78 Å². The average Bonchev–Trinajstić information content (AvgIpc) is 2.79. The molecule has 0 saturated heterocycles. The van der Waals surface area contributed by atoms with Crippen molar-refractivity contribution in [3.8, 4) is 16.8 Å². The number of carbonyl (C=O) groups excluding carboxylic acids is 1. The van der Waals surface area contributed by atoms with Crippen LogP contribution in [0, 0.1) is 0 Å². The summed E-state index contributed by atoms with van der Waals surface area (Å²) >= 11 is 0. The van der Waals surface area contributed by atoms with Crippen LogP contribution in [0.4, 0.5) is 0 Å². The molecule has 0 unspecified atom stereocenters. The van der Waals surface area contributed by atoms with Crippen LogP contribution < -0.4 is 10.2 Å². The zero-order chi connectivity index (χ0) is 23.8. The first-order valence-corrected chi connectivity index (χ1v) is 10.7. The van der Waals surface area contributed by atoms with Crippen LogP contribution in [0.3, 0.4) is 0 Å². The Balaban J connectivity index is 1.88. The fourth-order valence-corrected chi connectivity index (χ4v) is 3.80. The molecule has 1 aromatic carbocycles. The summed E-state index contributed by atoms with van der Waals surface area (Å²) < 4.78 is 7.95. The van der Waals surface area contributed by atoms with E-state index in [1.54, 1.807) is 36.0 Å². The second-order valence-corrected chi connectivity index (χ2v) is 8.78. The Kier molecular flexibility index (Phi) is 5.72. The largest absolute Gasteiger partial charge is 0.462 e. The lowest BCUT2D eigenvalue weighted by Gasteiger charge is -2.15. The third-order valence-electron chi connectivity index (χ3n) is 5.41. The molecule has 1 N–H and O–H groups in total. The number of benzene rings is 1. The topological polar surface area (TPSA) is 85.3 Å². The number of ether oxygens (including phenoxy) is 1. The van der Waals surface area contributed by atoms with Crippen molar-refractivity contribution in [3.05, 3.63) is 88.6 Å². The predicted molar refractivity (Wildman–Crippen MR) is 125 cm³/mol. The molecule has 4 aromatic rings. The van der Waals surface area contributed by atoms with E-state index >= 15 is 0 Å². The lowest BCUT2D eigenvalue weighted by atomic mass is 9.91. The molecule has 33 heavy (non-hydrogen) atoms. The molecule has 0 aliphatic carbocycles. The van der Waals surface area contributed by atoms with Crippen LogP contribution in [0.25, 0.3) is 27.8 Å². The molecule has 4 rings (SSSR count). The summed E-state index contributed by atoms with van der Waals surface area (Å²) in [5.41, 5.74) is 2.94. The van der Waals surface area contributed by atoms with Gasteiger partial charge in [-0.15, -0.1) is 0 Å².